The second-order valence-electron chi connectivity index (χ2n) is 10.1. The third-order valence-corrected chi connectivity index (χ3v) is 5.41. The van der Waals surface area contributed by atoms with Gasteiger partial charge in [-0.1, -0.05) is 62.4 Å². The van der Waals surface area contributed by atoms with Gasteiger partial charge in [-0.25, -0.2) is 4.79 Å². The highest BCUT2D eigenvalue weighted by Crippen LogP contribution is 2.25. The Morgan fingerprint density at radius 3 is 2.11 bits per heavy atom. The van der Waals surface area contributed by atoms with Crippen molar-refractivity contribution in [2.75, 3.05) is 19.7 Å². The maximum absolute atomic E-state index is 13.7. The van der Waals surface area contributed by atoms with Crippen molar-refractivity contribution in [1.82, 2.24) is 15.5 Å². The Bertz CT molecular complexity index is 814. The lowest BCUT2D eigenvalue weighted by molar-refractivity contribution is -0.143. The number of nitrogens with zero attached hydrogens (tertiary/aromatic N) is 1. The number of aliphatic hydroxyl groups is 1. The Kier molecular flexibility index (Phi) is 12.8. The average Bonchev–Trinajstić information content (AvgIpc) is 2.75. The Hall–Kier alpha value is -2.61. The zero-order valence-electron chi connectivity index (χ0n) is 22.6. The first-order valence-electron chi connectivity index (χ1n) is 12.7. The number of carbonyl (C=O) groups is 3. The molecule has 198 valence electrons. The molecule has 0 spiro atoms. The van der Waals surface area contributed by atoms with E-state index in [1.54, 1.807) is 20.8 Å². The highest BCUT2D eigenvalue weighted by molar-refractivity contribution is 5.92. The van der Waals surface area contributed by atoms with E-state index in [9.17, 15) is 19.5 Å². The van der Waals surface area contributed by atoms with Gasteiger partial charge in [0.1, 0.15) is 17.7 Å². The van der Waals surface area contributed by atoms with Gasteiger partial charge >= 0.3 is 6.09 Å². The molecule has 2 atom stereocenters. The van der Waals surface area contributed by atoms with Crippen LogP contribution >= 0.6 is 0 Å². The topological polar surface area (TPSA) is 108 Å². The molecule has 0 saturated carbocycles. The molecule has 35 heavy (non-hydrogen) atoms. The predicted octanol–water partition coefficient (Wildman–Crippen LogP) is 4.17. The maximum atomic E-state index is 13.7. The first-order chi connectivity index (χ1) is 16.4. The fourth-order valence-corrected chi connectivity index (χ4v) is 3.85. The van der Waals surface area contributed by atoms with Crippen LogP contribution in [0.4, 0.5) is 4.79 Å². The van der Waals surface area contributed by atoms with Crippen molar-refractivity contribution >= 4 is 17.9 Å². The van der Waals surface area contributed by atoms with Gasteiger partial charge in [-0.2, -0.15) is 0 Å². The molecule has 0 heterocycles. The van der Waals surface area contributed by atoms with Crippen molar-refractivity contribution in [2.24, 2.45) is 0 Å². The van der Waals surface area contributed by atoms with E-state index in [2.05, 4.69) is 17.6 Å². The molecular formula is C27H45N3O5. The first-order valence-corrected chi connectivity index (χ1v) is 12.7. The minimum atomic E-state index is -1.23. The van der Waals surface area contributed by atoms with Gasteiger partial charge in [-0.05, 0) is 53.0 Å². The van der Waals surface area contributed by atoms with Gasteiger partial charge in [0.2, 0.25) is 11.8 Å². The van der Waals surface area contributed by atoms with Crippen LogP contribution in [0, 0.1) is 13.8 Å². The van der Waals surface area contributed by atoms with E-state index in [0.717, 1.165) is 36.8 Å². The molecule has 0 aliphatic carbocycles. The van der Waals surface area contributed by atoms with Crippen LogP contribution in [0.2, 0.25) is 0 Å². The molecule has 0 saturated heterocycles. The van der Waals surface area contributed by atoms with Crippen LogP contribution in [-0.4, -0.2) is 59.3 Å². The highest BCUT2D eigenvalue weighted by atomic mass is 16.6. The molecule has 0 bridgehead atoms. The van der Waals surface area contributed by atoms with Crippen LogP contribution in [0.15, 0.2) is 18.2 Å². The van der Waals surface area contributed by atoms with Crippen LogP contribution in [0.3, 0.4) is 0 Å². The zero-order chi connectivity index (χ0) is 26.6. The van der Waals surface area contributed by atoms with E-state index in [4.69, 9.17) is 4.74 Å². The fourth-order valence-electron chi connectivity index (χ4n) is 3.85. The largest absolute Gasteiger partial charge is 0.444 e. The summed E-state index contributed by atoms with van der Waals surface area (Å²) in [5.41, 5.74) is 1.91. The Morgan fingerprint density at radius 1 is 1.00 bits per heavy atom. The smallest absolute Gasteiger partial charge is 0.408 e. The van der Waals surface area contributed by atoms with E-state index in [-0.39, 0.29) is 5.91 Å². The van der Waals surface area contributed by atoms with Gasteiger partial charge in [-0.3, -0.25) is 9.59 Å². The van der Waals surface area contributed by atoms with Crippen molar-refractivity contribution in [3.8, 4) is 0 Å². The number of hydrogen-bond acceptors (Lipinski definition) is 5. The number of nitrogens with one attached hydrogen (secondary N) is 2. The summed E-state index contributed by atoms with van der Waals surface area (Å²) < 4.78 is 5.27. The van der Waals surface area contributed by atoms with Crippen molar-refractivity contribution in [3.05, 3.63) is 34.9 Å². The molecular weight excluding hydrogens is 446 g/mol. The number of carbonyl (C=O) groups excluding carboxylic acids is 3. The van der Waals surface area contributed by atoms with Crippen LogP contribution in [0.5, 0.6) is 0 Å². The van der Waals surface area contributed by atoms with Gasteiger partial charge < -0.3 is 25.4 Å². The summed E-state index contributed by atoms with van der Waals surface area (Å²) in [5, 5.41) is 15.4. The van der Waals surface area contributed by atoms with Crippen molar-refractivity contribution in [1.29, 1.82) is 0 Å². The van der Waals surface area contributed by atoms with Gasteiger partial charge in [0.05, 0.1) is 6.61 Å². The van der Waals surface area contributed by atoms with Gasteiger partial charge in [0, 0.05) is 13.1 Å². The summed E-state index contributed by atoms with van der Waals surface area (Å²) >= 11 is 0. The number of benzene rings is 1. The molecule has 2 unspecified atom stereocenters. The predicted molar refractivity (Wildman–Crippen MR) is 138 cm³/mol. The molecule has 1 aromatic rings. The number of hydrogen-bond donors (Lipinski definition) is 3. The lowest BCUT2D eigenvalue weighted by atomic mass is 9.98. The molecule has 1 aromatic carbocycles. The Balaban J connectivity index is 3.35. The van der Waals surface area contributed by atoms with Crippen molar-refractivity contribution < 1.29 is 24.2 Å². The lowest BCUT2D eigenvalue weighted by Crippen LogP contribution is -2.54. The van der Waals surface area contributed by atoms with Gasteiger partial charge in [-0.15, -0.1) is 0 Å². The van der Waals surface area contributed by atoms with Crippen LogP contribution < -0.4 is 10.6 Å². The summed E-state index contributed by atoms with van der Waals surface area (Å²) in [7, 11) is 0. The number of aryl methyl sites for hydroxylation is 2. The van der Waals surface area contributed by atoms with Gasteiger partial charge in [0.25, 0.3) is 0 Å². The maximum Gasteiger partial charge on any atom is 0.408 e. The Labute approximate surface area is 210 Å². The summed E-state index contributed by atoms with van der Waals surface area (Å²) in [6, 6.07) is 3.71. The third kappa shape index (κ3) is 10.7. The minimum absolute atomic E-state index is 0.274. The summed E-state index contributed by atoms with van der Waals surface area (Å²) in [5.74, 6) is -0.802. The highest BCUT2D eigenvalue weighted by Gasteiger charge is 2.36. The monoisotopic (exact) mass is 491 g/mol. The first kappa shape index (κ1) is 30.4. The van der Waals surface area contributed by atoms with E-state index in [1.165, 1.54) is 4.90 Å². The second kappa shape index (κ2) is 14.7. The standard InChI is InChI=1S/C27H45N3O5/c1-8-10-12-13-28-24(32)23(21-16-19(3)15-20(4)17-21)30(14-11-9-2)25(33)22(18-31)29-26(34)35-27(5,6)7/h15-17,22-23,31H,8-14,18H2,1-7H3,(H,28,32)(H,29,34). The number of rotatable bonds is 13. The van der Waals surface area contributed by atoms with E-state index >= 15 is 0 Å². The molecule has 0 aromatic heterocycles. The summed E-state index contributed by atoms with van der Waals surface area (Å²) in [4.78, 5) is 41.0. The second-order valence-corrected chi connectivity index (χ2v) is 10.1. The number of aliphatic hydroxyl groups excluding tert-OH is 1. The number of amides is 3. The number of alkyl carbamates (subject to hydrolysis) is 1. The van der Waals surface area contributed by atoms with Crippen LogP contribution in [-0.2, 0) is 14.3 Å². The summed E-state index contributed by atoms with van der Waals surface area (Å²) in [6.45, 7) is 13.4. The third-order valence-electron chi connectivity index (χ3n) is 5.41. The minimum Gasteiger partial charge on any atom is -0.444 e. The zero-order valence-corrected chi connectivity index (χ0v) is 22.6. The normalized spacial score (nSPS) is 13.0. The van der Waals surface area contributed by atoms with Gasteiger partial charge in [0.15, 0.2) is 0 Å². The van der Waals surface area contributed by atoms with E-state index in [0.29, 0.717) is 25.1 Å². The quantitative estimate of drug-likeness (QED) is 0.359. The lowest BCUT2D eigenvalue weighted by Gasteiger charge is -2.34. The van der Waals surface area contributed by atoms with E-state index in [1.807, 2.05) is 39.0 Å². The molecule has 8 nitrogen and oxygen atoms in total. The summed E-state index contributed by atoms with van der Waals surface area (Å²) in [6.07, 6.45) is 3.56. The molecule has 0 fully saturated rings. The SMILES string of the molecule is CCCCCNC(=O)C(c1cc(C)cc(C)c1)N(CCCC)C(=O)C(CO)NC(=O)OC(C)(C)C. The Morgan fingerprint density at radius 2 is 1.60 bits per heavy atom. The molecule has 3 amide bonds. The van der Waals surface area contributed by atoms with Crippen molar-refractivity contribution in [2.45, 2.75) is 98.3 Å². The van der Waals surface area contributed by atoms with E-state index < -0.39 is 36.3 Å². The molecule has 0 aliphatic heterocycles. The number of unbranched alkanes of at least 4 members (excludes halogenated alkanes) is 3. The molecule has 1 rings (SSSR count). The molecule has 8 heteroatoms. The average molecular weight is 492 g/mol. The fraction of sp³-hybridized carbons (Fsp3) is 0.667. The van der Waals surface area contributed by atoms with Crippen LogP contribution in [0.1, 0.15) is 89.5 Å². The molecule has 3 N–H and O–H groups in total. The van der Waals surface area contributed by atoms with Crippen LogP contribution in [0.25, 0.3) is 0 Å². The molecule has 0 aliphatic rings. The number of ether oxygens (including phenoxy) is 1. The van der Waals surface area contributed by atoms with Crippen molar-refractivity contribution in [3.63, 3.8) is 0 Å². The molecule has 0 radical (unpaired) electrons.